The van der Waals surface area contributed by atoms with Crippen LogP contribution in [-0.4, -0.2) is 22.1 Å². The van der Waals surface area contributed by atoms with Crippen molar-refractivity contribution in [2.24, 2.45) is 0 Å². The normalized spacial score (nSPS) is 10.4. The van der Waals surface area contributed by atoms with Crippen molar-refractivity contribution in [3.8, 4) is 0 Å². The first kappa shape index (κ1) is 15.4. The Morgan fingerprint density at radius 3 is 2.76 bits per heavy atom. The molecule has 2 rings (SSSR count). The molecule has 4 nitrogen and oxygen atoms in total. The number of nitrogens with zero attached hydrogens (tertiary/aromatic N) is 2. The Kier molecular flexibility index (Phi) is 5.27. The second-order valence-corrected chi connectivity index (χ2v) is 5.44. The van der Waals surface area contributed by atoms with Crippen LogP contribution >= 0.6 is 11.8 Å². The monoisotopic (exact) mass is 305 g/mol. The van der Waals surface area contributed by atoms with Gasteiger partial charge in [-0.2, -0.15) is 11.8 Å². The number of amides is 1. The molecular formula is C15H16FN3OS. The number of rotatable bonds is 5. The van der Waals surface area contributed by atoms with Gasteiger partial charge in [-0.15, -0.1) is 0 Å². The number of benzene rings is 1. The van der Waals surface area contributed by atoms with Crippen LogP contribution in [0.15, 0.2) is 30.6 Å². The molecule has 0 aliphatic heterocycles. The van der Waals surface area contributed by atoms with Crippen molar-refractivity contribution in [1.29, 1.82) is 0 Å². The van der Waals surface area contributed by atoms with Crippen molar-refractivity contribution in [3.05, 3.63) is 58.9 Å². The standard InChI is InChI=1S/C15H16FN3OS/c1-10-6-18-14(8-17-10)15(20)19-7-11-3-4-13(16)5-12(11)9-21-2/h3-6,8H,7,9H2,1-2H3,(H,19,20). The van der Waals surface area contributed by atoms with E-state index in [0.717, 1.165) is 16.8 Å². The van der Waals surface area contributed by atoms with Crippen molar-refractivity contribution in [2.45, 2.75) is 19.2 Å². The lowest BCUT2D eigenvalue weighted by Crippen LogP contribution is -2.24. The lowest BCUT2D eigenvalue weighted by atomic mass is 10.1. The van der Waals surface area contributed by atoms with Gasteiger partial charge in [-0.05, 0) is 36.4 Å². The Balaban J connectivity index is 2.05. The highest BCUT2D eigenvalue weighted by atomic mass is 32.2. The molecule has 1 heterocycles. The van der Waals surface area contributed by atoms with E-state index in [2.05, 4.69) is 15.3 Å². The first-order valence-corrected chi connectivity index (χ1v) is 7.82. The minimum absolute atomic E-state index is 0.265. The zero-order valence-electron chi connectivity index (χ0n) is 11.9. The Bertz CT molecular complexity index is 631. The van der Waals surface area contributed by atoms with Gasteiger partial charge in [0.15, 0.2) is 0 Å². The molecule has 0 spiro atoms. The molecular weight excluding hydrogens is 289 g/mol. The van der Waals surface area contributed by atoms with E-state index >= 15 is 0 Å². The zero-order chi connectivity index (χ0) is 15.2. The van der Waals surface area contributed by atoms with Crippen LogP contribution < -0.4 is 5.32 Å². The van der Waals surface area contributed by atoms with Crippen molar-refractivity contribution in [2.75, 3.05) is 6.26 Å². The number of hydrogen-bond donors (Lipinski definition) is 1. The Morgan fingerprint density at radius 2 is 2.10 bits per heavy atom. The van der Waals surface area contributed by atoms with Crippen LogP contribution in [0.3, 0.4) is 0 Å². The molecule has 1 N–H and O–H groups in total. The fourth-order valence-corrected chi connectivity index (χ4v) is 2.41. The summed E-state index contributed by atoms with van der Waals surface area (Å²) in [5.74, 6) is 0.147. The highest BCUT2D eigenvalue weighted by Crippen LogP contribution is 2.16. The van der Waals surface area contributed by atoms with Crippen molar-refractivity contribution in [3.63, 3.8) is 0 Å². The topological polar surface area (TPSA) is 54.9 Å². The number of carbonyl (C=O) groups excluding carboxylic acids is 1. The molecule has 110 valence electrons. The third-order valence-corrected chi connectivity index (χ3v) is 3.52. The highest BCUT2D eigenvalue weighted by molar-refractivity contribution is 7.97. The van der Waals surface area contributed by atoms with Gasteiger partial charge in [-0.3, -0.25) is 9.78 Å². The van der Waals surface area contributed by atoms with Crippen molar-refractivity contribution < 1.29 is 9.18 Å². The molecule has 0 atom stereocenters. The zero-order valence-corrected chi connectivity index (χ0v) is 12.7. The maximum Gasteiger partial charge on any atom is 0.271 e. The number of aromatic nitrogens is 2. The molecule has 0 saturated heterocycles. The summed E-state index contributed by atoms with van der Waals surface area (Å²) in [7, 11) is 0. The average Bonchev–Trinajstić information content (AvgIpc) is 2.47. The smallest absolute Gasteiger partial charge is 0.271 e. The van der Waals surface area contributed by atoms with Crippen LogP contribution in [0, 0.1) is 12.7 Å². The van der Waals surface area contributed by atoms with Crippen molar-refractivity contribution in [1.82, 2.24) is 15.3 Å². The van der Waals surface area contributed by atoms with E-state index in [1.54, 1.807) is 24.0 Å². The quantitative estimate of drug-likeness (QED) is 0.923. The molecule has 0 fully saturated rings. The maximum atomic E-state index is 13.3. The van der Waals surface area contributed by atoms with Crippen LogP contribution in [0.1, 0.15) is 27.3 Å². The molecule has 1 aromatic heterocycles. The van der Waals surface area contributed by atoms with E-state index in [9.17, 15) is 9.18 Å². The second kappa shape index (κ2) is 7.17. The summed E-state index contributed by atoms with van der Waals surface area (Å²) in [4.78, 5) is 20.0. The first-order chi connectivity index (χ1) is 10.1. The summed E-state index contributed by atoms with van der Waals surface area (Å²) < 4.78 is 13.3. The van der Waals surface area contributed by atoms with Crippen LogP contribution in [0.5, 0.6) is 0 Å². The number of aryl methyl sites for hydroxylation is 1. The molecule has 2 aromatic rings. The van der Waals surface area contributed by atoms with E-state index in [1.807, 2.05) is 13.2 Å². The number of halogens is 1. The SMILES string of the molecule is CSCc1cc(F)ccc1CNC(=O)c1cnc(C)cn1. The number of nitrogens with one attached hydrogen (secondary N) is 1. The van der Waals surface area contributed by atoms with Gasteiger partial charge in [0, 0.05) is 18.5 Å². The molecule has 0 bridgehead atoms. The third-order valence-electron chi connectivity index (χ3n) is 2.92. The first-order valence-electron chi connectivity index (χ1n) is 6.43. The van der Waals surface area contributed by atoms with E-state index in [1.165, 1.54) is 18.3 Å². The predicted octanol–water partition coefficient (Wildman–Crippen LogP) is 2.72. The van der Waals surface area contributed by atoms with E-state index in [-0.39, 0.29) is 17.4 Å². The van der Waals surface area contributed by atoms with Gasteiger partial charge in [0.25, 0.3) is 5.91 Å². The minimum Gasteiger partial charge on any atom is -0.347 e. The molecule has 0 unspecified atom stereocenters. The summed E-state index contributed by atoms with van der Waals surface area (Å²) in [5, 5.41) is 2.78. The second-order valence-electron chi connectivity index (χ2n) is 4.57. The summed E-state index contributed by atoms with van der Waals surface area (Å²) in [6.07, 6.45) is 4.94. The molecule has 21 heavy (non-hydrogen) atoms. The molecule has 0 saturated carbocycles. The van der Waals surface area contributed by atoms with Crippen LogP contribution in [0.25, 0.3) is 0 Å². The van der Waals surface area contributed by atoms with Crippen LogP contribution in [-0.2, 0) is 12.3 Å². The fourth-order valence-electron chi connectivity index (χ4n) is 1.83. The lowest BCUT2D eigenvalue weighted by molar-refractivity contribution is 0.0945. The number of hydrogen-bond acceptors (Lipinski definition) is 4. The van der Waals surface area contributed by atoms with Crippen LogP contribution in [0.4, 0.5) is 4.39 Å². The predicted molar refractivity (Wildman–Crippen MR) is 81.6 cm³/mol. The van der Waals surface area contributed by atoms with Gasteiger partial charge in [0.05, 0.1) is 11.9 Å². The third kappa shape index (κ3) is 4.26. The van der Waals surface area contributed by atoms with E-state index in [4.69, 9.17) is 0 Å². The van der Waals surface area contributed by atoms with Crippen molar-refractivity contribution >= 4 is 17.7 Å². The Labute approximate surface area is 127 Å². The molecule has 0 aliphatic rings. The van der Waals surface area contributed by atoms with Gasteiger partial charge >= 0.3 is 0 Å². The fraction of sp³-hybridized carbons (Fsp3) is 0.267. The summed E-state index contributed by atoms with van der Waals surface area (Å²) in [6.45, 7) is 2.15. The maximum absolute atomic E-state index is 13.3. The van der Waals surface area contributed by atoms with E-state index in [0.29, 0.717) is 12.3 Å². The van der Waals surface area contributed by atoms with Gasteiger partial charge < -0.3 is 5.32 Å². The molecule has 0 radical (unpaired) electrons. The summed E-state index contributed by atoms with van der Waals surface area (Å²) in [5.41, 5.74) is 2.82. The number of thioether (sulfide) groups is 1. The van der Waals surface area contributed by atoms with Gasteiger partial charge in [0.1, 0.15) is 11.5 Å². The van der Waals surface area contributed by atoms with Crippen LogP contribution in [0.2, 0.25) is 0 Å². The Morgan fingerprint density at radius 1 is 1.29 bits per heavy atom. The van der Waals surface area contributed by atoms with Gasteiger partial charge in [-0.1, -0.05) is 6.07 Å². The van der Waals surface area contributed by atoms with E-state index < -0.39 is 0 Å². The average molecular weight is 305 g/mol. The number of carbonyl (C=O) groups is 1. The minimum atomic E-state index is -0.290. The molecule has 1 aromatic carbocycles. The molecule has 1 amide bonds. The summed E-state index contributed by atoms with van der Waals surface area (Å²) in [6, 6.07) is 4.60. The van der Waals surface area contributed by atoms with Gasteiger partial charge in [-0.25, -0.2) is 9.37 Å². The molecule has 6 heteroatoms. The largest absolute Gasteiger partial charge is 0.347 e. The highest BCUT2D eigenvalue weighted by Gasteiger charge is 2.09. The Hall–Kier alpha value is -1.95. The summed E-state index contributed by atoms with van der Waals surface area (Å²) >= 11 is 1.61. The molecule has 0 aliphatic carbocycles. The van der Waals surface area contributed by atoms with Gasteiger partial charge in [0.2, 0.25) is 0 Å². The lowest BCUT2D eigenvalue weighted by Gasteiger charge is -2.10.